The van der Waals surface area contributed by atoms with Crippen LogP contribution >= 0.6 is 0 Å². The molecule has 0 aliphatic heterocycles. The molecule has 0 saturated heterocycles. The van der Waals surface area contributed by atoms with E-state index in [2.05, 4.69) is 15.8 Å². The van der Waals surface area contributed by atoms with Gasteiger partial charge in [-0.15, -0.1) is 0 Å². The van der Waals surface area contributed by atoms with Gasteiger partial charge in [-0.2, -0.15) is 0 Å². The van der Waals surface area contributed by atoms with E-state index < -0.39 is 0 Å². The summed E-state index contributed by atoms with van der Waals surface area (Å²) in [6, 6.07) is 13.2. The van der Waals surface area contributed by atoms with Gasteiger partial charge in [0.25, 0.3) is 0 Å². The number of anilines is 1. The van der Waals surface area contributed by atoms with Gasteiger partial charge in [-0.05, 0) is 11.5 Å². The Morgan fingerprint density at radius 1 is 1.20 bits per heavy atom. The second-order valence-electron chi connectivity index (χ2n) is 4.25. The molecule has 2 aromatic rings. The number of urea groups is 1. The number of carbonyl (C=O) groups is 1. The average molecular weight is 272 g/mol. The summed E-state index contributed by atoms with van der Waals surface area (Å²) in [4.78, 5) is 11.8. The molecule has 0 saturated carbocycles. The second-order valence-corrected chi connectivity index (χ2v) is 4.25. The molecule has 0 bridgehead atoms. The lowest BCUT2D eigenvalue weighted by molar-refractivity contribution is 0.252. The first kappa shape index (κ1) is 13.7. The van der Waals surface area contributed by atoms with Crippen molar-refractivity contribution in [2.75, 3.05) is 11.9 Å². The zero-order chi connectivity index (χ0) is 14.4. The van der Waals surface area contributed by atoms with Crippen molar-refractivity contribution in [1.82, 2.24) is 5.32 Å². The van der Waals surface area contributed by atoms with Crippen molar-refractivity contribution in [1.29, 1.82) is 0 Å². The van der Waals surface area contributed by atoms with Gasteiger partial charge in [0, 0.05) is 18.4 Å². The van der Waals surface area contributed by atoms with E-state index in [0.29, 0.717) is 13.0 Å². The van der Waals surface area contributed by atoms with Crippen molar-refractivity contribution in [2.45, 2.75) is 6.42 Å². The van der Waals surface area contributed by atoms with Crippen molar-refractivity contribution in [3.8, 4) is 0 Å². The number of nitrogens with zero attached hydrogens (tertiary/aromatic N) is 1. The van der Waals surface area contributed by atoms with Crippen LogP contribution in [0.1, 0.15) is 6.42 Å². The van der Waals surface area contributed by atoms with Crippen LogP contribution in [-0.2, 0) is 0 Å². The Morgan fingerprint density at radius 2 is 1.95 bits per heavy atom. The molecule has 2 amide bonds. The molecule has 0 radical (unpaired) electrons. The van der Waals surface area contributed by atoms with Gasteiger partial charge < -0.3 is 21.6 Å². The second kappa shape index (κ2) is 6.42. The predicted octanol–water partition coefficient (Wildman–Crippen LogP) is 2.10. The van der Waals surface area contributed by atoms with E-state index >= 15 is 0 Å². The highest BCUT2D eigenvalue weighted by Gasteiger charge is 2.04. The summed E-state index contributed by atoms with van der Waals surface area (Å²) in [7, 11) is 0. The Hall–Kier alpha value is -2.76. The van der Waals surface area contributed by atoms with Gasteiger partial charge in [0.2, 0.25) is 0 Å². The molecule has 5 N–H and O–H groups in total. The minimum absolute atomic E-state index is 0.0791. The zero-order valence-corrected chi connectivity index (χ0v) is 10.8. The molecular weight excluding hydrogens is 256 g/mol. The van der Waals surface area contributed by atoms with Crippen LogP contribution in [-0.4, -0.2) is 23.6 Å². The SMILES string of the molecule is NC(CCNC(=O)Nc1cccc2ccccc12)=NO. The number of nitrogens with two attached hydrogens (primary N) is 1. The fourth-order valence-corrected chi connectivity index (χ4v) is 1.86. The molecule has 0 fully saturated rings. The Bertz CT molecular complexity index is 635. The number of hydrogen-bond acceptors (Lipinski definition) is 3. The predicted molar refractivity (Wildman–Crippen MR) is 79.0 cm³/mol. The molecule has 6 nitrogen and oxygen atoms in total. The highest BCUT2D eigenvalue weighted by Crippen LogP contribution is 2.22. The molecule has 0 atom stereocenters. The zero-order valence-electron chi connectivity index (χ0n) is 10.8. The van der Waals surface area contributed by atoms with Crippen LogP contribution in [0.2, 0.25) is 0 Å². The Labute approximate surface area is 116 Å². The minimum Gasteiger partial charge on any atom is -0.409 e. The molecular formula is C14H16N4O2. The van der Waals surface area contributed by atoms with Crippen LogP contribution < -0.4 is 16.4 Å². The monoisotopic (exact) mass is 272 g/mol. The lowest BCUT2D eigenvalue weighted by Gasteiger charge is -2.09. The molecule has 20 heavy (non-hydrogen) atoms. The maximum Gasteiger partial charge on any atom is 0.319 e. The van der Waals surface area contributed by atoms with E-state index in [9.17, 15) is 4.79 Å². The Balaban J connectivity index is 2.00. The molecule has 6 heteroatoms. The number of amidine groups is 1. The van der Waals surface area contributed by atoms with Gasteiger partial charge in [-0.1, -0.05) is 41.6 Å². The number of carbonyl (C=O) groups excluding carboxylic acids is 1. The molecule has 104 valence electrons. The fourth-order valence-electron chi connectivity index (χ4n) is 1.86. The summed E-state index contributed by atoms with van der Waals surface area (Å²) in [5.41, 5.74) is 6.05. The van der Waals surface area contributed by atoms with E-state index in [1.807, 2.05) is 42.5 Å². The maximum atomic E-state index is 11.8. The highest BCUT2D eigenvalue weighted by molar-refractivity contribution is 6.01. The molecule has 0 unspecified atom stereocenters. The normalized spacial score (nSPS) is 11.3. The van der Waals surface area contributed by atoms with Crippen LogP contribution in [0, 0.1) is 0 Å². The van der Waals surface area contributed by atoms with E-state index in [1.165, 1.54) is 0 Å². The van der Waals surface area contributed by atoms with Crippen molar-refractivity contribution < 1.29 is 10.0 Å². The molecule has 0 aliphatic rings. The van der Waals surface area contributed by atoms with E-state index in [-0.39, 0.29) is 11.9 Å². The van der Waals surface area contributed by atoms with Crippen molar-refractivity contribution in [3.05, 3.63) is 42.5 Å². The van der Waals surface area contributed by atoms with Gasteiger partial charge in [-0.3, -0.25) is 0 Å². The van der Waals surface area contributed by atoms with Crippen LogP contribution in [0.4, 0.5) is 10.5 Å². The van der Waals surface area contributed by atoms with Gasteiger partial charge in [0.05, 0.1) is 5.69 Å². The van der Waals surface area contributed by atoms with Gasteiger partial charge >= 0.3 is 6.03 Å². The summed E-state index contributed by atoms with van der Waals surface area (Å²) in [5, 5.41) is 18.7. The van der Waals surface area contributed by atoms with Gasteiger partial charge in [-0.25, -0.2) is 4.79 Å². The number of hydrogen-bond donors (Lipinski definition) is 4. The van der Waals surface area contributed by atoms with Crippen molar-refractivity contribution in [2.24, 2.45) is 10.9 Å². The molecule has 0 heterocycles. The molecule has 0 aromatic heterocycles. The average Bonchev–Trinajstić information content (AvgIpc) is 2.47. The fraction of sp³-hybridized carbons (Fsp3) is 0.143. The molecule has 2 rings (SSSR count). The lowest BCUT2D eigenvalue weighted by Crippen LogP contribution is -2.31. The van der Waals surface area contributed by atoms with E-state index in [4.69, 9.17) is 10.9 Å². The van der Waals surface area contributed by atoms with Crippen LogP contribution in [0.3, 0.4) is 0 Å². The van der Waals surface area contributed by atoms with Gasteiger partial charge in [0.15, 0.2) is 0 Å². The summed E-state index contributed by atoms with van der Waals surface area (Å²) in [6.07, 6.45) is 0.291. The first-order valence-corrected chi connectivity index (χ1v) is 6.19. The van der Waals surface area contributed by atoms with Crippen molar-refractivity contribution in [3.63, 3.8) is 0 Å². The van der Waals surface area contributed by atoms with E-state index in [0.717, 1.165) is 16.5 Å². The Kier molecular flexibility index (Phi) is 4.39. The number of nitrogens with one attached hydrogen (secondary N) is 2. The maximum absolute atomic E-state index is 11.8. The van der Waals surface area contributed by atoms with Gasteiger partial charge in [0.1, 0.15) is 5.84 Å². The summed E-state index contributed by atoms with van der Waals surface area (Å²) in [6.45, 7) is 0.298. The first-order chi connectivity index (χ1) is 9.70. The van der Waals surface area contributed by atoms with Crippen molar-refractivity contribution >= 4 is 28.3 Å². The third kappa shape index (κ3) is 3.38. The first-order valence-electron chi connectivity index (χ1n) is 6.19. The smallest absolute Gasteiger partial charge is 0.319 e. The summed E-state index contributed by atoms with van der Waals surface area (Å²) < 4.78 is 0. The molecule has 0 spiro atoms. The van der Waals surface area contributed by atoms with Crippen LogP contribution in [0.25, 0.3) is 10.8 Å². The Morgan fingerprint density at radius 3 is 2.75 bits per heavy atom. The number of benzene rings is 2. The number of amides is 2. The quantitative estimate of drug-likeness (QED) is 0.297. The number of oxime groups is 1. The molecule has 2 aromatic carbocycles. The highest BCUT2D eigenvalue weighted by atomic mass is 16.4. The standard InChI is InChI=1S/C14H16N4O2/c15-13(18-20)8-9-16-14(19)17-12-7-3-5-10-4-1-2-6-11(10)12/h1-7,20H,8-9H2,(H2,15,18)(H2,16,17,19). The summed E-state index contributed by atoms with van der Waals surface area (Å²) >= 11 is 0. The third-order valence-corrected chi connectivity index (χ3v) is 2.83. The van der Waals surface area contributed by atoms with Crippen LogP contribution in [0.5, 0.6) is 0 Å². The number of rotatable bonds is 4. The van der Waals surface area contributed by atoms with E-state index in [1.54, 1.807) is 0 Å². The summed E-state index contributed by atoms with van der Waals surface area (Å²) in [5.74, 6) is 0.0791. The minimum atomic E-state index is -0.327. The lowest BCUT2D eigenvalue weighted by atomic mass is 10.1. The topological polar surface area (TPSA) is 99.7 Å². The largest absolute Gasteiger partial charge is 0.409 e. The number of fused-ring (bicyclic) bond motifs is 1. The van der Waals surface area contributed by atoms with Crippen LogP contribution in [0.15, 0.2) is 47.6 Å². The third-order valence-electron chi connectivity index (χ3n) is 2.83. The molecule has 0 aliphatic carbocycles.